The van der Waals surface area contributed by atoms with Gasteiger partial charge >= 0.3 is 0 Å². The number of hydrogen-bond donors (Lipinski definition) is 1. The van der Waals surface area contributed by atoms with E-state index >= 15 is 0 Å². The molecule has 0 saturated heterocycles. The molecule has 3 heterocycles. The van der Waals surface area contributed by atoms with Gasteiger partial charge in [-0.05, 0) is 28.0 Å². The van der Waals surface area contributed by atoms with E-state index in [1.54, 1.807) is 6.20 Å². The SMILES string of the molecule is Nc1nonc1-c1nc2cncc(-c3ccccc3)c2n1-c1ccccc1. The highest BCUT2D eigenvalue weighted by molar-refractivity contribution is 5.95. The molecule has 7 heteroatoms. The summed E-state index contributed by atoms with van der Waals surface area (Å²) in [5.41, 5.74) is 10.9. The second-order valence-corrected chi connectivity index (χ2v) is 6.03. The van der Waals surface area contributed by atoms with E-state index in [1.807, 2.05) is 71.4 Å². The second-order valence-electron chi connectivity index (χ2n) is 6.03. The van der Waals surface area contributed by atoms with Gasteiger partial charge in [0.05, 0.1) is 11.7 Å². The number of hydrogen-bond acceptors (Lipinski definition) is 6. The molecule has 0 aliphatic rings. The predicted octanol–water partition coefficient (Wildman–Crippen LogP) is 3.72. The van der Waals surface area contributed by atoms with E-state index in [0.29, 0.717) is 11.5 Å². The molecule has 0 spiro atoms. The van der Waals surface area contributed by atoms with Crippen LogP contribution in [0, 0.1) is 0 Å². The zero-order valence-corrected chi connectivity index (χ0v) is 14.1. The minimum Gasteiger partial charge on any atom is -0.379 e. The summed E-state index contributed by atoms with van der Waals surface area (Å²) < 4.78 is 6.82. The molecule has 0 saturated carbocycles. The van der Waals surface area contributed by atoms with E-state index in [9.17, 15) is 0 Å². The average molecular weight is 354 g/mol. The number of fused-ring (bicyclic) bond motifs is 1. The maximum atomic E-state index is 5.95. The van der Waals surface area contributed by atoms with Gasteiger partial charge in [-0.25, -0.2) is 9.61 Å². The summed E-state index contributed by atoms with van der Waals surface area (Å²) in [6, 6.07) is 20.0. The zero-order valence-electron chi connectivity index (χ0n) is 14.1. The van der Waals surface area contributed by atoms with Crippen molar-refractivity contribution in [1.29, 1.82) is 0 Å². The fourth-order valence-electron chi connectivity index (χ4n) is 3.20. The van der Waals surface area contributed by atoms with Crippen molar-refractivity contribution in [3.05, 3.63) is 73.1 Å². The number of aromatic nitrogens is 5. The van der Waals surface area contributed by atoms with E-state index < -0.39 is 0 Å². The van der Waals surface area contributed by atoms with Gasteiger partial charge in [0, 0.05) is 17.4 Å². The Hall–Kier alpha value is -4.00. The lowest BCUT2D eigenvalue weighted by Crippen LogP contribution is -2.00. The summed E-state index contributed by atoms with van der Waals surface area (Å²) in [5.74, 6) is 0.747. The van der Waals surface area contributed by atoms with E-state index in [4.69, 9.17) is 15.3 Å². The van der Waals surface area contributed by atoms with Crippen molar-refractivity contribution in [2.24, 2.45) is 0 Å². The molecule has 0 atom stereocenters. The summed E-state index contributed by atoms with van der Waals surface area (Å²) >= 11 is 0. The Bertz CT molecular complexity index is 1230. The number of nitrogen functional groups attached to an aromatic ring is 1. The fraction of sp³-hybridized carbons (Fsp3) is 0. The third-order valence-electron chi connectivity index (χ3n) is 4.38. The van der Waals surface area contributed by atoms with Crippen LogP contribution in [0.2, 0.25) is 0 Å². The minimum atomic E-state index is 0.191. The number of imidazole rings is 1. The Balaban J connectivity index is 1.91. The molecule has 0 fully saturated rings. The van der Waals surface area contributed by atoms with Gasteiger partial charge in [0.25, 0.3) is 0 Å². The first-order valence-corrected chi connectivity index (χ1v) is 8.38. The predicted molar refractivity (Wildman–Crippen MR) is 102 cm³/mol. The van der Waals surface area contributed by atoms with Crippen LogP contribution >= 0.6 is 0 Å². The van der Waals surface area contributed by atoms with Gasteiger partial charge in [-0.3, -0.25) is 9.55 Å². The lowest BCUT2D eigenvalue weighted by atomic mass is 10.1. The summed E-state index contributed by atoms with van der Waals surface area (Å²) in [4.78, 5) is 9.11. The smallest absolute Gasteiger partial charge is 0.199 e. The lowest BCUT2D eigenvalue weighted by Gasteiger charge is -2.11. The van der Waals surface area contributed by atoms with Gasteiger partial charge < -0.3 is 5.73 Å². The number of nitrogens with zero attached hydrogens (tertiary/aromatic N) is 5. The molecule has 0 aliphatic heterocycles. The number of nitrogens with two attached hydrogens (primary N) is 1. The molecule has 2 aromatic carbocycles. The van der Waals surface area contributed by atoms with Gasteiger partial charge in [-0.15, -0.1) is 0 Å². The third kappa shape index (κ3) is 2.44. The van der Waals surface area contributed by atoms with Crippen LogP contribution in [-0.2, 0) is 0 Å². The fourth-order valence-corrected chi connectivity index (χ4v) is 3.20. The van der Waals surface area contributed by atoms with Gasteiger partial charge in [0.15, 0.2) is 17.3 Å². The molecular weight excluding hydrogens is 340 g/mol. The first-order valence-electron chi connectivity index (χ1n) is 8.38. The van der Waals surface area contributed by atoms with Crippen LogP contribution < -0.4 is 5.73 Å². The van der Waals surface area contributed by atoms with Crippen LogP contribution in [-0.4, -0.2) is 24.8 Å². The van der Waals surface area contributed by atoms with Gasteiger partial charge in [0.2, 0.25) is 0 Å². The van der Waals surface area contributed by atoms with Crippen LogP contribution in [0.4, 0.5) is 5.82 Å². The minimum absolute atomic E-state index is 0.191. The Morgan fingerprint density at radius 3 is 2.30 bits per heavy atom. The average Bonchev–Trinajstić information content (AvgIpc) is 3.32. The van der Waals surface area contributed by atoms with Crippen molar-refractivity contribution in [2.45, 2.75) is 0 Å². The quantitative estimate of drug-likeness (QED) is 0.530. The van der Waals surface area contributed by atoms with Crippen molar-refractivity contribution in [3.8, 4) is 28.3 Å². The third-order valence-corrected chi connectivity index (χ3v) is 4.38. The molecule has 0 bridgehead atoms. The summed E-state index contributed by atoms with van der Waals surface area (Å²) in [7, 11) is 0. The van der Waals surface area contributed by atoms with Gasteiger partial charge in [-0.2, -0.15) is 0 Å². The summed E-state index contributed by atoms with van der Waals surface area (Å²) in [6.45, 7) is 0. The Morgan fingerprint density at radius 2 is 1.59 bits per heavy atom. The highest BCUT2D eigenvalue weighted by Gasteiger charge is 2.22. The van der Waals surface area contributed by atoms with Gasteiger partial charge in [0.1, 0.15) is 5.52 Å². The topological polar surface area (TPSA) is 95.7 Å². The van der Waals surface area contributed by atoms with Crippen molar-refractivity contribution in [2.75, 3.05) is 5.73 Å². The number of rotatable bonds is 3. The molecule has 0 radical (unpaired) electrons. The number of benzene rings is 2. The van der Waals surface area contributed by atoms with Crippen molar-refractivity contribution >= 4 is 16.9 Å². The van der Waals surface area contributed by atoms with Crippen molar-refractivity contribution < 1.29 is 4.63 Å². The molecule has 5 rings (SSSR count). The molecule has 5 aromatic rings. The zero-order chi connectivity index (χ0) is 18.2. The van der Waals surface area contributed by atoms with E-state index in [1.165, 1.54) is 0 Å². The Morgan fingerprint density at radius 1 is 0.852 bits per heavy atom. The molecule has 0 aliphatic carbocycles. The molecule has 27 heavy (non-hydrogen) atoms. The van der Waals surface area contributed by atoms with Crippen LogP contribution in [0.3, 0.4) is 0 Å². The van der Waals surface area contributed by atoms with Crippen LogP contribution in [0.25, 0.3) is 39.4 Å². The van der Waals surface area contributed by atoms with E-state index in [0.717, 1.165) is 27.8 Å². The van der Waals surface area contributed by atoms with E-state index in [2.05, 4.69) is 15.3 Å². The maximum Gasteiger partial charge on any atom is 0.199 e. The first-order chi connectivity index (χ1) is 13.3. The highest BCUT2D eigenvalue weighted by Crippen LogP contribution is 2.34. The highest BCUT2D eigenvalue weighted by atomic mass is 16.6. The van der Waals surface area contributed by atoms with E-state index in [-0.39, 0.29) is 5.82 Å². The Labute approximate surface area is 154 Å². The standard InChI is InChI=1S/C20H14N6O/c21-19-17(24-27-25-19)20-23-16-12-22-11-15(13-7-3-1-4-8-13)18(16)26(20)14-9-5-2-6-10-14/h1-12H,(H2,21,25). The van der Waals surface area contributed by atoms with Crippen LogP contribution in [0.1, 0.15) is 0 Å². The van der Waals surface area contributed by atoms with Gasteiger partial charge in [-0.1, -0.05) is 48.5 Å². The molecule has 2 N–H and O–H groups in total. The lowest BCUT2D eigenvalue weighted by molar-refractivity contribution is 0.310. The summed E-state index contributed by atoms with van der Waals surface area (Å²) in [5, 5.41) is 7.66. The van der Waals surface area contributed by atoms with Crippen LogP contribution in [0.5, 0.6) is 0 Å². The number of para-hydroxylation sites is 1. The molecular formula is C20H14N6O. The maximum absolute atomic E-state index is 5.95. The normalized spacial score (nSPS) is 11.1. The summed E-state index contributed by atoms with van der Waals surface area (Å²) in [6.07, 6.45) is 3.57. The molecule has 130 valence electrons. The number of pyridine rings is 1. The molecule has 0 amide bonds. The number of anilines is 1. The second kappa shape index (κ2) is 6.06. The van der Waals surface area contributed by atoms with Crippen molar-refractivity contribution in [1.82, 2.24) is 24.8 Å². The van der Waals surface area contributed by atoms with Crippen molar-refractivity contribution in [3.63, 3.8) is 0 Å². The Kier molecular flexibility index (Phi) is 3.43. The molecule has 3 aromatic heterocycles. The monoisotopic (exact) mass is 354 g/mol. The van der Waals surface area contributed by atoms with Crippen LogP contribution in [0.15, 0.2) is 77.7 Å². The largest absolute Gasteiger partial charge is 0.379 e. The first kappa shape index (κ1) is 15.3. The molecule has 7 nitrogen and oxygen atoms in total. The molecule has 0 unspecified atom stereocenters.